The molecule has 1 N–H and O–H groups in total. The number of ether oxygens (including phenoxy) is 2. The van der Waals surface area contributed by atoms with Crippen LogP contribution >= 0.6 is 0 Å². The van der Waals surface area contributed by atoms with Gasteiger partial charge in [-0.2, -0.15) is 0 Å². The van der Waals surface area contributed by atoms with Crippen molar-refractivity contribution in [2.45, 2.75) is 38.2 Å². The summed E-state index contributed by atoms with van der Waals surface area (Å²) >= 11 is 0. The minimum absolute atomic E-state index is 0.532. The number of hydrogen-bond acceptors (Lipinski definition) is 3. The van der Waals surface area contributed by atoms with Gasteiger partial charge >= 0.3 is 0 Å². The van der Waals surface area contributed by atoms with Crippen LogP contribution in [0.2, 0.25) is 0 Å². The maximum Gasteiger partial charge on any atom is 0.0587 e. The van der Waals surface area contributed by atoms with E-state index in [2.05, 4.69) is 17.5 Å². The quantitative estimate of drug-likeness (QED) is 0.483. The van der Waals surface area contributed by atoms with E-state index < -0.39 is 0 Å². The molecule has 1 saturated heterocycles. The second kappa shape index (κ2) is 9.82. The Morgan fingerprint density at radius 2 is 2.19 bits per heavy atom. The molecule has 0 amide bonds. The van der Waals surface area contributed by atoms with Crippen molar-refractivity contribution >= 4 is 0 Å². The predicted octanol–water partition coefficient (Wildman–Crippen LogP) is 2.13. The highest BCUT2D eigenvalue weighted by atomic mass is 16.5. The van der Waals surface area contributed by atoms with Gasteiger partial charge in [-0.1, -0.05) is 12.2 Å². The Labute approximate surface area is 99.2 Å². The Bertz CT molecular complexity index is 177. The average molecular weight is 227 g/mol. The minimum Gasteiger partial charge on any atom is -0.383 e. The zero-order valence-corrected chi connectivity index (χ0v) is 10.4. The lowest BCUT2D eigenvalue weighted by Crippen LogP contribution is -2.19. The van der Waals surface area contributed by atoms with E-state index in [0.29, 0.717) is 6.10 Å². The van der Waals surface area contributed by atoms with E-state index in [0.717, 1.165) is 39.1 Å². The van der Waals surface area contributed by atoms with E-state index in [4.69, 9.17) is 9.47 Å². The highest BCUT2D eigenvalue weighted by Gasteiger charge is 2.13. The van der Waals surface area contributed by atoms with Gasteiger partial charge in [-0.15, -0.1) is 0 Å². The van der Waals surface area contributed by atoms with Gasteiger partial charge in [0.1, 0.15) is 0 Å². The number of allylic oxidation sites excluding steroid dienone is 1. The first-order valence-electron chi connectivity index (χ1n) is 6.39. The predicted molar refractivity (Wildman–Crippen MR) is 66.7 cm³/mol. The summed E-state index contributed by atoms with van der Waals surface area (Å²) in [6.07, 6.45) is 11.0. The van der Waals surface area contributed by atoms with Crippen LogP contribution in [0.15, 0.2) is 12.2 Å². The van der Waals surface area contributed by atoms with Crippen LogP contribution in [0.25, 0.3) is 0 Å². The van der Waals surface area contributed by atoms with E-state index in [-0.39, 0.29) is 0 Å². The van der Waals surface area contributed by atoms with E-state index in [9.17, 15) is 0 Å². The summed E-state index contributed by atoms with van der Waals surface area (Å²) in [5.74, 6) is 0. The summed E-state index contributed by atoms with van der Waals surface area (Å²) in [5, 5.41) is 3.32. The van der Waals surface area contributed by atoms with Gasteiger partial charge in [0.25, 0.3) is 0 Å². The van der Waals surface area contributed by atoms with Gasteiger partial charge in [-0.3, -0.25) is 0 Å². The van der Waals surface area contributed by atoms with Crippen molar-refractivity contribution in [3.63, 3.8) is 0 Å². The van der Waals surface area contributed by atoms with Gasteiger partial charge in [-0.05, 0) is 38.6 Å². The zero-order chi connectivity index (χ0) is 11.5. The maximum atomic E-state index is 5.56. The Hall–Kier alpha value is -0.380. The monoisotopic (exact) mass is 227 g/mol. The SMILES string of the molecule is COCCNCCC=CCCC1CCCO1. The molecule has 94 valence electrons. The molecule has 0 bridgehead atoms. The summed E-state index contributed by atoms with van der Waals surface area (Å²) in [7, 11) is 1.73. The summed E-state index contributed by atoms with van der Waals surface area (Å²) in [6, 6.07) is 0. The molecule has 1 aliphatic heterocycles. The molecular weight excluding hydrogens is 202 g/mol. The topological polar surface area (TPSA) is 30.5 Å². The third kappa shape index (κ3) is 6.99. The van der Waals surface area contributed by atoms with Crippen molar-refractivity contribution in [3.8, 4) is 0 Å². The average Bonchev–Trinajstić information content (AvgIpc) is 2.80. The molecule has 1 heterocycles. The van der Waals surface area contributed by atoms with Gasteiger partial charge in [0.15, 0.2) is 0 Å². The molecule has 1 fully saturated rings. The van der Waals surface area contributed by atoms with Crippen LogP contribution in [-0.4, -0.2) is 39.5 Å². The van der Waals surface area contributed by atoms with Crippen molar-refractivity contribution in [3.05, 3.63) is 12.2 Å². The van der Waals surface area contributed by atoms with E-state index in [1.54, 1.807) is 7.11 Å². The smallest absolute Gasteiger partial charge is 0.0587 e. The van der Waals surface area contributed by atoms with Gasteiger partial charge in [-0.25, -0.2) is 0 Å². The molecule has 1 rings (SSSR count). The van der Waals surface area contributed by atoms with Crippen LogP contribution < -0.4 is 5.32 Å². The fraction of sp³-hybridized carbons (Fsp3) is 0.846. The van der Waals surface area contributed by atoms with Gasteiger partial charge in [0, 0.05) is 20.3 Å². The van der Waals surface area contributed by atoms with Gasteiger partial charge in [0.2, 0.25) is 0 Å². The Morgan fingerprint density at radius 3 is 2.94 bits per heavy atom. The lowest BCUT2D eigenvalue weighted by Gasteiger charge is -2.05. The molecule has 0 aromatic rings. The van der Waals surface area contributed by atoms with Crippen LogP contribution in [0.1, 0.15) is 32.1 Å². The van der Waals surface area contributed by atoms with Crippen LogP contribution in [0.3, 0.4) is 0 Å². The minimum atomic E-state index is 0.532. The molecule has 3 heteroatoms. The molecule has 1 atom stereocenters. The Morgan fingerprint density at radius 1 is 1.31 bits per heavy atom. The number of rotatable bonds is 9. The summed E-state index contributed by atoms with van der Waals surface area (Å²) in [4.78, 5) is 0. The Kier molecular flexibility index (Phi) is 8.40. The largest absolute Gasteiger partial charge is 0.383 e. The van der Waals surface area contributed by atoms with Crippen molar-refractivity contribution in [1.29, 1.82) is 0 Å². The second-order valence-corrected chi connectivity index (χ2v) is 4.22. The number of nitrogens with one attached hydrogen (secondary N) is 1. The molecular formula is C13H25NO2. The summed E-state index contributed by atoms with van der Waals surface area (Å²) in [6.45, 7) is 3.75. The fourth-order valence-corrected chi connectivity index (χ4v) is 1.87. The first kappa shape index (κ1) is 13.7. The normalized spacial score (nSPS) is 20.9. The highest BCUT2D eigenvalue weighted by Crippen LogP contribution is 2.16. The van der Waals surface area contributed by atoms with Crippen molar-refractivity contribution < 1.29 is 9.47 Å². The molecule has 16 heavy (non-hydrogen) atoms. The zero-order valence-electron chi connectivity index (χ0n) is 10.4. The lowest BCUT2D eigenvalue weighted by atomic mass is 10.1. The maximum absolute atomic E-state index is 5.56. The fourth-order valence-electron chi connectivity index (χ4n) is 1.87. The van der Waals surface area contributed by atoms with Crippen LogP contribution in [-0.2, 0) is 9.47 Å². The molecule has 0 aliphatic carbocycles. The van der Waals surface area contributed by atoms with E-state index in [1.807, 2.05) is 0 Å². The molecule has 0 spiro atoms. The van der Waals surface area contributed by atoms with E-state index in [1.165, 1.54) is 19.3 Å². The number of hydrogen-bond donors (Lipinski definition) is 1. The first-order valence-corrected chi connectivity index (χ1v) is 6.39. The van der Waals surface area contributed by atoms with Crippen molar-refractivity contribution in [2.75, 3.05) is 33.4 Å². The van der Waals surface area contributed by atoms with Gasteiger partial charge in [0.05, 0.1) is 12.7 Å². The van der Waals surface area contributed by atoms with E-state index >= 15 is 0 Å². The molecule has 1 unspecified atom stereocenters. The van der Waals surface area contributed by atoms with Crippen molar-refractivity contribution in [1.82, 2.24) is 5.32 Å². The molecule has 3 nitrogen and oxygen atoms in total. The molecule has 0 aromatic heterocycles. The first-order chi connectivity index (χ1) is 7.93. The third-order valence-electron chi connectivity index (χ3n) is 2.82. The third-order valence-corrected chi connectivity index (χ3v) is 2.82. The molecule has 0 radical (unpaired) electrons. The number of methoxy groups -OCH3 is 1. The second-order valence-electron chi connectivity index (χ2n) is 4.22. The Balaban J connectivity index is 1.81. The summed E-state index contributed by atoms with van der Waals surface area (Å²) < 4.78 is 10.5. The summed E-state index contributed by atoms with van der Waals surface area (Å²) in [5.41, 5.74) is 0. The molecule has 0 saturated carbocycles. The van der Waals surface area contributed by atoms with Crippen LogP contribution in [0.4, 0.5) is 0 Å². The van der Waals surface area contributed by atoms with Crippen LogP contribution in [0.5, 0.6) is 0 Å². The van der Waals surface area contributed by atoms with Crippen molar-refractivity contribution in [2.24, 2.45) is 0 Å². The highest BCUT2D eigenvalue weighted by molar-refractivity contribution is 4.83. The standard InChI is InChI=1S/C13H25NO2/c1-15-12-10-14-9-5-3-2-4-7-13-8-6-11-16-13/h2-3,13-14H,4-12H2,1H3. The molecule has 0 aromatic carbocycles. The molecule has 1 aliphatic rings. The van der Waals surface area contributed by atoms with Gasteiger partial charge < -0.3 is 14.8 Å². The lowest BCUT2D eigenvalue weighted by molar-refractivity contribution is 0.105. The van der Waals surface area contributed by atoms with Crippen LogP contribution in [0, 0.1) is 0 Å².